The number of thiazole rings is 1. The lowest BCUT2D eigenvalue weighted by molar-refractivity contribution is -0.124. The fraction of sp³-hybridized carbons (Fsp3) is 0.304. The number of aryl methyl sites for hydroxylation is 1. The minimum atomic E-state index is -3.98. The van der Waals surface area contributed by atoms with Gasteiger partial charge < -0.3 is 10.1 Å². The number of carbonyl (C=O) groups is 1. The van der Waals surface area contributed by atoms with Crippen LogP contribution in [0, 0.1) is 5.82 Å². The van der Waals surface area contributed by atoms with Gasteiger partial charge in [-0.1, -0.05) is 23.2 Å². The van der Waals surface area contributed by atoms with Gasteiger partial charge in [0.05, 0.1) is 11.6 Å². The van der Waals surface area contributed by atoms with Crippen LogP contribution in [0.5, 0.6) is 11.5 Å². The van der Waals surface area contributed by atoms with Crippen molar-refractivity contribution in [3.63, 3.8) is 0 Å². The summed E-state index contributed by atoms with van der Waals surface area (Å²) in [6, 6.07) is 7.10. The number of hydrogen-bond donors (Lipinski definition) is 1. The quantitative estimate of drug-likeness (QED) is 0.409. The van der Waals surface area contributed by atoms with Gasteiger partial charge in [-0.25, -0.2) is 17.8 Å². The Labute approximate surface area is 216 Å². The number of aromatic nitrogens is 1. The molecule has 12 heteroatoms. The lowest BCUT2D eigenvalue weighted by Gasteiger charge is -2.26. The van der Waals surface area contributed by atoms with E-state index >= 15 is 0 Å². The SMILES string of the molecule is O=C1CN(CCCc2cc(Cl)ccc2Oc2cc(F)c(S(=O)(=O)Cc3nccs3)cc2Cl)CCN1. The molecule has 0 aliphatic carbocycles. The molecular formula is C23H22Cl2FN3O4S2. The van der Waals surface area contributed by atoms with E-state index in [0.29, 0.717) is 35.3 Å². The highest BCUT2D eigenvalue weighted by Crippen LogP contribution is 2.36. The number of nitrogens with zero attached hydrogens (tertiary/aromatic N) is 2. The first-order valence-corrected chi connectivity index (χ1v) is 14.1. The minimum absolute atomic E-state index is 0.00589. The third-order valence-electron chi connectivity index (χ3n) is 5.40. The van der Waals surface area contributed by atoms with Crippen LogP contribution >= 0.6 is 34.5 Å². The van der Waals surface area contributed by atoms with Crippen LogP contribution in [0.15, 0.2) is 46.8 Å². The molecule has 1 fully saturated rings. The molecule has 35 heavy (non-hydrogen) atoms. The van der Waals surface area contributed by atoms with Crippen LogP contribution in [0.2, 0.25) is 10.0 Å². The van der Waals surface area contributed by atoms with Gasteiger partial charge in [0.15, 0.2) is 9.84 Å². The van der Waals surface area contributed by atoms with Gasteiger partial charge in [-0.05, 0) is 49.2 Å². The summed E-state index contributed by atoms with van der Waals surface area (Å²) >= 11 is 13.7. The van der Waals surface area contributed by atoms with Gasteiger partial charge in [-0.3, -0.25) is 9.69 Å². The largest absolute Gasteiger partial charge is 0.455 e. The third-order valence-corrected chi connectivity index (χ3v) is 8.53. The molecule has 7 nitrogen and oxygen atoms in total. The van der Waals surface area contributed by atoms with E-state index in [4.69, 9.17) is 27.9 Å². The molecule has 4 rings (SSSR count). The smallest absolute Gasteiger partial charge is 0.234 e. The Bertz CT molecular complexity index is 1320. The van der Waals surface area contributed by atoms with E-state index in [1.54, 1.807) is 23.6 Å². The molecule has 2 heterocycles. The van der Waals surface area contributed by atoms with Crippen molar-refractivity contribution in [3.05, 3.63) is 68.3 Å². The normalized spacial score (nSPS) is 14.7. The highest BCUT2D eigenvalue weighted by Gasteiger charge is 2.24. The van der Waals surface area contributed by atoms with E-state index in [2.05, 4.69) is 15.2 Å². The van der Waals surface area contributed by atoms with Crippen molar-refractivity contribution >= 4 is 50.3 Å². The van der Waals surface area contributed by atoms with Gasteiger partial charge in [0.2, 0.25) is 5.91 Å². The molecule has 3 aromatic rings. The number of sulfone groups is 1. The van der Waals surface area contributed by atoms with Crippen LogP contribution in [0.3, 0.4) is 0 Å². The lowest BCUT2D eigenvalue weighted by Crippen LogP contribution is -2.47. The Morgan fingerprint density at radius 1 is 1.20 bits per heavy atom. The number of ether oxygens (including phenoxy) is 1. The Balaban J connectivity index is 1.49. The van der Waals surface area contributed by atoms with Crippen LogP contribution in [0.25, 0.3) is 0 Å². The van der Waals surface area contributed by atoms with Crippen LogP contribution in [0.4, 0.5) is 4.39 Å². The molecule has 0 radical (unpaired) electrons. The summed E-state index contributed by atoms with van der Waals surface area (Å²) in [4.78, 5) is 17.1. The summed E-state index contributed by atoms with van der Waals surface area (Å²) in [7, 11) is -3.98. The van der Waals surface area contributed by atoms with Gasteiger partial charge >= 0.3 is 0 Å². The van der Waals surface area contributed by atoms with Crippen LogP contribution in [-0.2, 0) is 26.8 Å². The number of carbonyl (C=O) groups excluding carboxylic acids is 1. The monoisotopic (exact) mass is 557 g/mol. The summed E-state index contributed by atoms with van der Waals surface area (Å²) in [5.74, 6) is -0.936. The molecule has 1 aliphatic heterocycles. The molecule has 1 saturated heterocycles. The Hall–Kier alpha value is -2.24. The zero-order chi connectivity index (χ0) is 25.0. The zero-order valence-corrected chi connectivity index (χ0v) is 21.6. The minimum Gasteiger partial charge on any atom is -0.455 e. The second-order valence-corrected chi connectivity index (χ2v) is 11.8. The first-order valence-electron chi connectivity index (χ1n) is 10.8. The van der Waals surface area contributed by atoms with E-state index in [-0.39, 0.29) is 16.7 Å². The average Bonchev–Trinajstić information content (AvgIpc) is 3.30. The predicted octanol–water partition coefficient (Wildman–Crippen LogP) is 4.72. The van der Waals surface area contributed by atoms with E-state index in [9.17, 15) is 17.6 Å². The van der Waals surface area contributed by atoms with Gasteiger partial charge in [-0.15, -0.1) is 11.3 Å². The number of nitrogens with one attached hydrogen (secondary N) is 1. The van der Waals surface area contributed by atoms with Crippen molar-refractivity contribution < 1.29 is 22.3 Å². The van der Waals surface area contributed by atoms with Gasteiger partial charge in [0, 0.05) is 35.8 Å². The van der Waals surface area contributed by atoms with Crippen LogP contribution in [-0.4, -0.2) is 50.4 Å². The Morgan fingerprint density at radius 3 is 2.77 bits per heavy atom. The topological polar surface area (TPSA) is 88.6 Å². The molecule has 2 aromatic carbocycles. The average molecular weight is 558 g/mol. The molecule has 1 aliphatic rings. The summed E-state index contributed by atoms with van der Waals surface area (Å²) in [6.45, 7) is 2.51. The summed E-state index contributed by atoms with van der Waals surface area (Å²) in [6.07, 6.45) is 2.84. The molecule has 0 spiro atoms. The van der Waals surface area contributed by atoms with E-state index < -0.39 is 26.3 Å². The maximum atomic E-state index is 14.9. The zero-order valence-electron chi connectivity index (χ0n) is 18.5. The first-order chi connectivity index (χ1) is 16.7. The fourth-order valence-electron chi connectivity index (χ4n) is 3.73. The number of amides is 1. The van der Waals surface area contributed by atoms with Crippen molar-refractivity contribution in [1.29, 1.82) is 0 Å². The number of piperazine rings is 1. The van der Waals surface area contributed by atoms with Crippen molar-refractivity contribution in [2.75, 3.05) is 26.2 Å². The maximum absolute atomic E-state index is 14.9. The van der Waals surface area contributed by atoms with Crippen molar-refractivity contribution in [2.24, 2.45) is 0 Å². The van der Waals surface area contributed by atoms with Gasteiger partial charge in [0.1, 0.15) is 33.0 Å². The number of halogens is 3. The number of benzene rings is 2. The van der Waals surface area contributed by atoms with Crippen molar-refractivity contribution in [1.82, 2.24) is 15.2 Å². The molecule has 1 amide bonds. The Kier molecular flexibility index (Phi) is 8.28. The van der Waals surface area contributed by atoms with E-state index in [0.717, 1.165) is 37.2 Å². The summed E-state index contributed by atoms with van der Waals surface area (Å²) in [5, 5.41) is 5.29. The second kappa shape index (κ2) is 11.2. The lowest BCUT2D eigenvalue weighted by atomic mass is 10.1. The van der Waals surface area contributed by atoms with Crippen molar-refractivity contribution in [3.8, 4) is 11.5 Å². The van der Waals surface area contributed by atoms with Gasteiger partial charge in [0.25, 0.3) is 0 Å². The molecule has 0 atom stereocenters. The summed E-state index contributed by atoms with van der Waals surface area (Å²) < 4.78 is 46.1. The Morgan fingerprint density at radius 2 is 2.03 bits per heavy atom. The van der Waals surface area contributed by atoms with Crippen LogP contribution < -0.4 is 10.1 Å². The predicted molar refractivity (Wildman–Crippen MR) is 134 cm³/mol. The number of rotatable bonds is 9. The summed E-state index contributed by atoms with van der Waals surface area (Å²) in [5.41, 5.74) is 0.788. The highest BCUT2D eigenvalue weighted by molar-refractivity contribution is 7.90. The molecule has 0 bridgehead atoms. The number of hydrogen-bond acceptors (Lipinski definition) is 7. The molecule has 0 unspecified atom stereocenters. The first kappa shape index (κ1) is 25.8. The molecule has 1 N–H and O–H groups in total. The highest BCUT2D eigenvalue weighted by atomic mass is 35.5. The molecule has 1 aromatic heterocycles. The van der Waals surface area contributed by atoms with Crippen LogP contribution in [0.1, 0.15) is 17.0 Å². The van der Waals surface area contributed by atoms with Gasteiger partial charge in [-0.2, -0.15) is 0 Å². The maximum Gasteiger partial charge on any atom is 0.234 e. The molecular weight excluding hydrogens is 536 g/mol. The standard InChI is InChI=1S/C23H22Cl2FN3O4S2/c24-16-3-4-19(15(10-16)2-1-7-29-8-5-27-22(30)13-29)33-20-12-18(26)21(11-17(20)25)35(31,32)14-23-28-6-9-34-23/h3-4,6,9-12H,1-2,5,7-8,13-14H2,(H,27,30). The fourth-order valence-corrected chi connectivity index (χ4v) is 6.54. The van der Waals surface area contributed by atoms with E-state index in [1.807, 2.05) is 0 Å². The molecule has 0 saturated carbocycles. The third kappa shape index (κ3) is 6.71. The van der Waals surface area contributed by atoms with Crippen molar-refractivity contribution in [2.45, 2.75) is 23.5 Å². The molecule has 186 valence electrons. The van der Waals surface area contributed by atoms with E-state index in [1.165, 1.54) is 17.5 Å². The second-order valence-electron chi connectivity index (χ2n) is 7.98.